The number of rotatable bonds is 9. The van der Waals surface area contributed by atoms with Gasteiger partial charge in [0.05, 0.1) is 13.2 Å². The van der Waals surface area contributed by atoms with Crippen molar-refractivity contribution in [3.05, 3.63) is 0 Å². The number of hydrogen-bond acceptors (Lipinski definition) is 5. The Morgan fingerprint density at radius 1 is 1.13 bits per heavy atom. The van der Waals surface area contributed by atoms with Gasteiger partial charge in [0.25, 0.3) is 0 Å². The quantitative estimate of drug-likeness (QED) is 0.465. The molecule has 0 aromatic heterocycles. The molecule has 0 aliphatic rings. The van der Waals surface area contributed by atoms with Gasteiger partial charge < -0.3 is 19.7 Å². The number of aliphatic hydroxyl groups is 2. The van der Waals surface area contributed by atoms with Crippen LogP contribution < -0.4 is 0 Å². The average molecular weight is 238 g/mol. The first kappa shape index (κ1) is 15.2. The maximum absolute atomic E-state index is 9.30. The van der Waals surface area contributed by atoms with E-state index in [4.69, 9.17) is 9.47 Å². The maximum atomic E-state index is 9.30. The second kappa shape index (κ2) is 9.42. The Hall–Kier alpha value is 0.190. The minimum atomic E-state index is -0.753. The molecule has 2 unspecified atom stereocenters. The van der Waals surface area contributed by atoms with Crippen molar-refractivity contribution in [1.29, 1.82) is 0 Å². The van der Waals surface area contributed by atoms with Crippen LogP contribution in [0.3, 0.4) is 0 Å². The van der Waals surface area contributed by atoms with E-state index < -0.39 is 12.6 Å². The second-order valence-corrected chi connectivity index (χ2v) is 4.60. The topological polar surface area (TPSA) is 58.9 Å². The summed E-state index contributed by atoms with van der Waals surface area (Å²) in [5.41, 5.74) is 0. The highest BCUT2D eigenvalue weighted by molar-refractivity contribution is 7.98. The molecule has 2 atom stereocenters. The largest absolute Gasteiger partial charge is 0.368 e. The fraction of sp³-hybridized carbons (Fsp3) is 1.00. The Labute approximate surface area is 96.0 Å². The molecule has 2 N–H and O–H groups in total. The van der Waals surface area contributed by atoms with Crippen LogP contribution in [0.4, 0.5) is 0 Å². The maximum Gasteiger partial charge on any atom is 0.156 e. The SMILES string of the molecule is CSCCC(O)OCCOC(O)C(C)C. The van der Waals surface area contributed by atoms with Gasteiger partial charge in [-0.3, -0.25) is 0 Å². The smallest absolute Gasteiger partial charge is 0.156 e. The molecule has 0 amide bonds. The lowest BCUT2D eigenvalue weighted by Gasteiger charge is -2.16. The summed E-state index contributed by atoms with van der Waals surface area (Å²) in [7, 11) is 0. The van der Waals surface area contributed by atoms with Gasteiger partial charge in [-0.1, -0.05) is 13.8 Å². The van der Waals surface area contributed by atoms with Crippen molar-refractivity contribution in [3.63, 3.8) is 0 Å². The molecule has 0 spiro atoms. The first-order valence-electron chi connectivity index (χ1n) is 5.16. The Kier molecular flexibility index (Phi) is 9.54. The zero-order valence-corrected chi connectivity index (χ0v) is 10.5. The lowest BCUT2D eigenvalue weighted by Crippen LogP contribution is -2.23. The summed E-state index contributed by atoms with van der Waals surface area (Å²) >= 11 is 1.67. The number of hydrogen-bond donors (Lipinski definition) is 2. The van der Waals surface area contributed by atoms with Crippen molar-refractivity contribution in [3.8, 4) is 0 Å². The summed E-state index contributed by atoms with van der Waals surface area (Å²) in [6.07, 6.45) is 1.12. The van der Waals surface area contributed by atoms with Gasteiger partial charge in [0.2, 0.25) is 0 Å². The van der Waals surface area contributed by atoms with E-state index in [-0.39, 0.29) is 5.92 Å². The monoisotopic (exact) mass is 238 g/mol. The van der Waals surface area contributed by atoms with Crippen molar-refractivity contribution in [2.24, 2.45) is 5.92 Å². The van der Waals surface area contributed by atoms with E-state index in [9.17, 15) is 10.2 Å². The van der Waals surface area contributed by atoms with Crippen LogP contribution in [0.15, 0.2) is 0 Å². The highest BCUT2D eigenvalue weighted by Gasteiger charge is 2.09. The van der Waals surface area contributed by atoms with Gasteiger partial charge in [-0.15, -0.1) is 0 Å². The third kappa shape index (κ3) is 9.14. The molecule has 0 saturated carbocycles. The van der Waals surface area contributed by atoms with Crippen molar-refractivity contribution in [2.75, 3.05) is 25.2 Å². The molecule has 4 nitrogen and oxygen atoms in total. The molecular formula is C10H22O4S. The summed E-state index contributed by atoms with van der Waals surface area (Å²) in [6.45, 7) is 4.35. The molecule has 0 aliphatic carbocycles. The van der Waals surface area contributed by atoms with Gasteiger partial charge in [0.1, 0.15) is 0 Å². The highest BCUT2D eigenvalue weighted by atomic mass is 32.2. The predicted octanol–water partition coefficient (Wildman–Crippen LogP) is 1.07. The summed E-state index contributed by atoms with van der Waals surface area (Å²) in [5, 5.41) is 18.6. The minimum Gasteiger partial charge on any atom is -0.368 e. The third-order valence-corrected chi connectivity index (χ3v) is 2.47. The molecule has 92 valence electrons. The molecular weight excluding hydrogens is 216 g/mol. The summed E-state index contributed by atoms with van der Waals surface area (Å²) in [5.74, 6) is 0.947. The number of ether oxygens (including phenoxy) is 2. The van der Waals surface area contributed by atoms with Crippen LogP contribution >= 0.6 is 11.8 Å². The van der Waals surface area contributed by atoms with E-state index in [0.29, 0.717) is 19.6 Å². The van der Waals surface area contributed by atoms with Crippen LogP contribution in [-0.2, 0) is 9.47 Å². The van der Waals surface area contributed by atoms with Crippen LogP contribution in [0.5, 0.6) is 0 Å². The van der Waals surface area contributed by atoms with Crippen LogP contribution in [0.25, 0.3) is 0 Å². The lowest BCUT2D eigenvalue weighted by atomic mass is 10.2. The van der Waals surface area contributed by atoms with Crippen LogP contribution in [-0.4, -0.2) is 48.0 Å². The highest BCUT2D eigenvalue weighted by Crippen LogP contribution is 2.04. The van der Waals surface area contributed by atoms with Gasteiger partial charge in [-0.2, -0.15) is 11.8 Å². The van der Waals surface area contributed by atoms with E-state index >= 15 is 0 Å². The lowest BCUT2D eigenvalue weighted by molar-refractivity contribution is -0.161. The van der Waals surface area contributed by atoms with Crippen molar-refractivity contribution < 1.29 is 19.7 Å². The molecule has 15 heavy (non-hydrogen) atoms. The van der Waals surface area contributed by atoms with Gasteiger partial charge >= 0.3 is 0 Å². The number of aliphatic hydroxyl groups excluding tert-OH is 2. The molecule has 0 aromatic carbocycles. The molecule has 0 radical (unpaired) electrons. The molecule has 0 heterocycles. The molecule has 5 heteroatoms. The van der Waals surface area contributed by atoms with Crippen LogP contribution in [0.1, 0.15) is 20.3 Å². The summed E-state index contributed by atoms with van der Waals surface area (Å²) in [4.78, 5) is 0. The average Bonchev–Trinajstić information content (AvgIpc) is 2.20. The van der Waals surface area contributed by atoms with Crippen LogP contribution in [0, 0.1) is 5.92 Å². The Balaban J connectivity index is 3.30. The summed E-state index contributed by atoms with van der Waals surface area (Å²) < 4.78 is 10.2. The van der Waals surface area contributed by atoms with E-state index in [0.717, 1.165) is 5.75 Å². The first-order chi connectivity index (χ1) is 7.07. The van der Waals surface area contributed by atoms with Gasteiger partial charge in [-0.05, 0) is 12.0 Å². The number of thioether (sulfide) groups is 1. The molecule has 0 bridgehead atoms. The normalized spacial score (nSPS) is 15.6. The standard InChI is InChI=1S/C10H22O4S/c1-8(2)10(12)14-6-5-13-9(11)4-7-15-3/h8-12H,4-7H2,1-3H3. The van der Waals surface area contributed by atoms with Crippen molar-refractivity contribution in [2.45, 2.75) is 32.8 Å². The zero-order chi connectivity index (χ0) is 11.7. The van der Waals surface area contributed by atoms with Gasteiger partial charge in [0, 0.05) is 12.3 Å². The fourth-order valence-corrected chi connectivity index (χ4v) is 1.28. The van der Waals surface area contributed by atoms with Gasteiger partial charge in [-0.25, -0.2) is 0 Å². The molecule has 0 saturated heterocycles. The first-order valence-corrected chi connectivity index (χ1v) is 6.55. The van der Waals surface area contributed by atoms with E-state index in [1.54, 1.807) is 11.8 Å². The second-order valence-electron chi connectivity index (χ2n) is 3.61. The van der Waals surface area contributed by atoms with E-state index in [1.807, 2.05) is 20.1 Å². The van der Waals surface area contributed by atoms with Crippen molar-refractivity contribution in [1.82, 2.24) is 0 Å². The molecule has 0 aliphatic heterocycles. The van der Waals surface area contributed by atoms with Gasteiger partial charge in [0.15, 0.2) is 12.6 Å². The molecule has 0 fully saturated rings. The Morgan fingerprint density at radius 3 is 2.27 bits per heavy atom. The van der Waals surface area contributed by atoms with E-state index in [1.165, 1.54) is 0 Å². The Bertz CT molecular complexity index is 143. The third-order valence-electron chi connectivity index (χ3n) is 1.82. The zero-order valence-electron chi connectivity index (χ0n) is 9.68. The fourth-order valence-electron chi connectivity index (χ4n) is 0.847. The molecule has 0 rings (SSSR count). The van der Waals surface area contributed by atoms with Crippen molar-refractivity contribution >= 4 is 11.8 Å². The molecule has 0 aromatic rings. The summed E-state index contributed by atoms with van der Waals surface area (Å²) in [6, 6.07) is 0. The van der Waals surface area contributed by atoms with E-state index in [2.05, 4.69) is 0 Å². The Morgan fingerprint density at radius 2 is 1.73 bits per heavy atom. The minimum absolute atomic E-state index is 0.0754. The predicted molar refractivity (Wildman–Crippen MR) is 61.8 cm³/mol. The van der Waals surface area contributed by atoms with Crippen LogP contribution in [0.2, 0.25) is 0 Å².